The van der Waals surface area contributed by atoms with Crippen LogP contribution in [0, 0.1) is 0 Å². The molecule has 0 atom stereocenters. The number of benzene rings is 2. The molecular formula is C22H23N3O3. The summed E-state index contributed by atoms with van der Waals surface area (Å²) in [6.45, 7) is 4.26. The van der Waals surface area contributed by atoms with Gasteiger partial charge in [-0.1, -0.05) is 24.3 Å². The molecule has 1 N–H and O–H groups in total. The van der Waals surface area contributed by atoms with Gasteiger partial charge in [-0.05, 0) is 47.9 Å². The molecule has 1 amide bonds. The standard InChI is InChI=1S/C22H23N3O3/c1-3-6-17-9-10-20(21(14-17)27-2)28-16-22(26)24-19-8-4-7-18(13-19)15-25-12-5-11-23-25/h3-5,7-14H,1,6,15-16H2,2H3,(H,24,26). The first-order valence-corrected chi connectivity index (χ1v) is 8.95. The van der Waals surface area contributed by atoms with E-state index in [1.807, 2.05) is 59.4 Å². The number of allylic oxidation sites excluding steroid dienone is 1. The first-order valence-electron chi connectivity index (χ1n) is 8.95. The summed E-state index contributed by atoms with van der Waals surface area (Å²) in [5.74, 6) is 0.875. The molecule has 6 heteroatoms. The van der Waals surface area contributed by atoms with Gasteiger partial charge in [-0.15, -0.1) is 6.58 Å². The number of anilines is 1. The minimum absolute atomic E-state index is 0.111. The molecule has 0 saturated carbocycles. The van der Waals surface area contributed by atoms with E-state index < -0.39 is 0 Å². The Labute approximate surface area is 164 Å². The zero-order valence-corrected chi connectivity index (χ0v) is 15.8. The lowest BCUT2D eigenvalue weighted by molar-refractivity contribution is -0.118. The summed E-state index contributed by atoms with van der Waals surface area (Å²) in [7, 11) is 1.57. The predicted octanol–water partition coefficient (Wildman–Crippen LogP) is 3.69. The Morgan fingerprint density at radius 2 is 2.07 bits per heavy atom. The number of hydrogen-bond donors (Lipinski definition) is 1. The van der Waals surface area contributed by atoms with Crippen molar-refractivity contribution in [2.75, 3.05) is 19.0 Å². The SMILES string of the molecule is C=CCc1ccc(OCC(=O)Nc2cccc(Cn3cccn3)c2)c(OC)c1. The van der Waals surface area contributed by atoms with Crippen LogP contribution in [0.2, 0.25) is 0 Å². The number of ether oxygens (including phenoxy) is 2. The van der Waals surface area contributed by atoms with Gasteiger partial charge >= 0.3 is 0 Å². The van der Waals surface area contributed by atoms with E-state index in [1.165, 1.54) is 0 Å². The number of aromatic nitrogens is 2. The second-order valence-corrected chi connectivity index (χ2v) is 6.22. The van der Waals surface area contributed by atoms with Crippen molar-refractivity contribution in [1.29, 1.82) is 0 Å². The van der Waals surface area contributed by atoms with Crippen LogP contribution >= 0.6 is 0 Å². The number of nitrogens with zero attached hydrogens (tertiary/aromatic N) is 2. The summed E-state index contributed by atoms with van der Waals surface area (Å²) in [5.41, 5.74) is 2.83. The number of hydrogen-bond acceptors (Lipinski definition) is 4. The lowest BCUT2D eigenvalue weighted by Crippen LogP contribution is -2.20. The van der Waals surface area contributed by atoms with E-state index in [-0.39, 0.29) is 12.5 Å². The van der Waals surface area contributed by atoms with Crippen LogP contribution in [0.3, 0.4) is 0 Å². The van der Waals surface area contributed by atoms with Crippen molar-refractivity contribution in [2.24, 2.45) is 0 Å². The van der Waals surface area contributed by atoms with E-state index in [1.54, 1.807) is 19.4 Å². The van der Waals surface area contributed by atoms with E-state index in [4.69, 9.17) is 9.47 Å². The predicted molar refractivity (Wildman–Crippen MR) is 109 cm³/mol. The topological polar surface area (TPSA) is 65.4 Å². The molecule has 6 nitrogen and oxygen atoms in total. The van der Waals surface area contributed by atoms with E-state index in [0.717, 1.165) is 17.5 Å². The zero-order valence-electron chi connectivity index (χ0n) is 15.8. The van der Waals surface area contributed by atoms with Gasteiger partial charge in [-0.25, -0.2) is 0 Å². The van der Waals surface area contributed by atoms with Crippen LogP contribution < -0.4 is 14.8 Å². The van der Waals surface area contributed by atoms with Crippen molar-refractivity contribution in [1.82, 2.24) is 9.78 Å². The molecule has 0 spiro atoms. The number of methoxy groups -OCH3 is 1. The Morgan fingerprint density at radius 1 is 1.18 bits per heavy atom. The van der Waals surface area contributed by atoms with Gasteiger partial charge in [0, 0.05) is 18.1 Å². The number of amides is 1. The lowest BCUT2D eigenvalue weighted by Gasteiger charge is -2.12. The van der Waals surface area contributed by atoms with Crippen LogP contribution in [-0.4, -0.2) is 29.4 Å². The van der Waals surface area contributed by atoms with Gasteiger partial charge in [0.2, 0.25) is 0 Å². The summed E-state index contributed by atoms with van der Waals surface area (Å²) in [5, 5.41) is 7.04. The third kappa shape index (κ3) is 5.23. The average molecular weight is 377 g/mol. The van der Waals surface area contributed by atoms with E-state index in [9.17, 15) is 4.79 Å². The third-order valence-electron chi connectivity index (χ3n) is 4.08. The fourth-order valence-corrected chi connectivity index (χ4v) is 2.79. The summed E-state index contributed by atoms with van der Waals surface area (Å²) >= 11 is 0. The number of carbonyl (C=O) groups excluding carboxylic acids is 1. The van der Waals surface area contributed by atoms with Gasteiger partial charge < -0.3 is 14.8 Å². The Bertz CT molecular complexity index is 936. The zero-order chi connectivity index (χ0) is 19.8. The quantitative estimate of drug-likeness (QED) is 0.578. The van der Waals surface area contributed by atoms with Crippen molar-refractivity contribution in [3.8, 4) is 11.5 Å². The molecular weight excluding hydrogens is 354 g/mol. The highest BCUT2D eigenvalue weighted by Crippen LogP contribution is 2.28. The van der Waals surface area contributed by atoms with Crippen molar-refractivity contribution >= 4 is 11.6 Å². The molecule has 0 saturated heterocycles. The molecule has 144 valence electrons. The van der Waals surface area contributed by atoms with E-state index >= 15 is 0 Å². The van der Waals surface area contributed by atoms with Crippen LogP contribution in [0.25, 0.3) is 0 Å². The average Bonchev–Trinajstić information content (AvgIpc) is 3.20. The molecule has 1 heterocycles. The fourth-order valence-electron chi connectivity index (χ4n) is 2.79. The van der Waals surface area contributed by atoms with Gasteiger partial charge in [-0.2, -0.15) is 5.10 Å². The smallest absolute Gasteiger partial charge is 0.262 e. The van der Waals surface area contributed by atoms with Crippen molar-refractivity contribution in [2.45, 2.75) is 13.0 Å². The molecule has 3 aromatic rings. The van der Waals surface area contributed by atoms with Crippen molar-refractivity contribution in [3.05, 3.63) is 84.7 Å². The number of rotatable bonds is 9. The van der Waals surface area contributed by atoms with Gasteiger partial charge in [0.25, 0.3) is 5.91 Å². The molecule has 28 heavy (non-hydrogen) atoms. The molecule has 0 aliphatic carbocycles. The van der Waals surface area contributed by atoms with Crippen LogP contribution in [0.5, 0.6) is 11.5 Å². The maximum absolute atomic E-state index is 12.3. The maximum atomic E-state index is 12.3. The Balaban J connectivity index is 1.58. The van der Waals surface area contributed by atoms with E-state index in [0.29, 0.717) is 23.7 Å². The highest BCUT2D eigenvalue weighted by molar-refractivity contribution is 5.92. The molecule has 0 unspecified atom stereocenters. The highest BCUT2D eigenvalue weighted by Gasteiger charge is 2.09. The second kappa shape index (κ2) is 9.41. The van der Waals surface area contributed by atoms with Gasteiger partial charge in [0.05, 0.1) is 13.7 Å². The third-order valence-corrected chi connectivity index (χ3v) is 4.08. The van der Waals surface area contributed by atoms with Crippen molar-refractivity contribution in [3.63, 3.8) is 0 Å². The lowest BCUT2D eigenvalue weighted by atomic mass is 10.1. The molecule has 0 bridgehead atoms. The van der Waals surface area contributed by atoms with Crippen LogP contribution in [0.4, 0.5) is 5.69 Å². The normalized spacial score (nSPS) is 10.3. The Morgan fingerprint density at radius 3 is 2.82 bits per heavy atom. The minimum Gasteiger partial charge on any atom is -0.493 e. The Kier molecular flexibility index (Phi) is 6.46. The number of nitrogens with one attached hydrogen (secondary N) is 1. The number of carbonyl (C=O) groups is 1. The van der Waals surface area contributed by atoms with Gasteiger partial charge in [-0.3, -0.25) is 9.48 Å². The molecule has 0 radical (unpaired) electrons. The molecule has 0 aliphatic rings. The van der Waals surface area contributed by atoms with Crippen LogP contribution in [-0.2, 0) is 17.8 Å². The van der Waals surface area contributed by atoms with Crippen LogP contribution in [0.15, 0.2) is 73.6 Å². The molecule has 0 fully saturated rings. The summed E-state index contributed by atoms with van der Waals surface area (Å²) in [6, 6.07) is 15.1. The molecule has 3 rings (SSSR count). The van der Waals surface area contributed by atoms with Crippen LogP contribution in [0.1, 0.15) is 11.1 Å². The minimum atomic E-state index is -0.242. The van der Waals surface area contributed by atoms with Gasteiger partial charge in [0.15, 0.2) is 18.1 Å². The first-order chi connectivity index (χ1) is 13.7. The van der Waals surface area contributed by atoms with E-state index in [2.05, 4.69) is 17.0 Å². The Hall–Kier alpha value is -3.54. The fraction of sp³-hybridized carbons (Fsp3) is 0.182. The summed E-state index contributed by atoms with van der Waals surface area (Å²) < 4.78 is 12.8. The molecule has 1 aromatic heterocycles. The monoisotopic (exact) mass is 377 g/mol. The van der Waals surface area contributed by atoms with Crippen molar-refractivity contribution < 1.29 is 14.3 Å². The maximum Gasteiger partial charge on any atom is 0.262 e. The summed E-state index contributed by atoms with van der Waals surface area (Å²) in [6.07, 6.45) is 6.20. The second-order valence-electron chi connectivity index (χ2n) is 6.22. The molecule has 2 aromatic carbocycles. The summed E-state index contributed by atoms with van der Waals surface area (Å²) in [4.78, 5) is 12.3. The highest BCUT2D eigenvalue weighted by atomic mass is 16.5. The molecule has 0 aliphatic heterocycles. The first kappa shape index (κ1) is 19.2. The van der Waals surface area contributed by atoms with Gasteiger partial charge in [0.1, 0.15) is 0 Å². The largest absolute Gasteiger partial charge is 0.493 e.